The Kier molecular flexibility index (Phi) is 4.42. The van der Waals surface area contributed by atoms with E-state index in [2.05, 4.69) is 0 Å². The van der Waals surface area contributed by atoms with Gasteiger partial charge < -0.3 is 19.0 Å². The number of aliphatic carboxylic acids is 1. The fourth-order valence-corrected chi connectivity index (χ4v) is 2.77. The highest BCUT2D eigenvalue weighted by Gasteiger charge is 2.14. The van der Waals surface area contributed by atoms with Crippen LogP contribution in [0.5, 0.6) is 11.5 Å². The minimum Gasteiger partial charge on any atom is -0.493 e. The Morgan fingerprint density at radius 3 is 2.83 bits per heavy atom. The van der Waals surface area contributed by atoms with Crippen LogP contribution in [0.15, 0.2) is 47.1 Å². The Morgan fingerprint density at radius 2 is 2.08 bits per heavy atom. The van der Waals surface area contributed by atoms with Gasteiger partial charge in [0, 0.05) is 10.9 Å². The molecule has 0 bridgehead atoms. The van der Waals surface area contributed by atoms with Crippen LogP contribution in [0.3, 0.4) is 0 Å². The average molecular weight is 326 g/mol. The van der Waals surface area contributed by atoms with Gasteiger partial charge in [-0.3, -0.25) is 4.79 Å². The van der Waals surface area contributed by atoms with Crippen LogP contribution in [0.1, 0.15) is 16.7 Å². The topological polar surface area (TPSA) is 68.9 Å². The number of carbonyl (C=O) groups is 1. The Bertz CT molecular complexity index is 879. The minimum absolute atomic E-state index is 0.119. The van der Waals surface area contributed by atoms with Crippen molar-refractivity contribution in [1.82, 2.24) is 0 Å². The van der Waals surface area contributed by atoms with Crippen molar-refractivity contribution in [3.63, 3.8) is 0 Å². The zero-order chi connectivity index (χ0) is 17.1. The predicted octanol–water partition coefficient (Wildman–Crippen LogP) is 3.96. The maximum Gasteiger partial charge on any atom is 0.307 e. The maximum absolute atomic E-state index is 11.0. The lowest BCUT2D eigenvalue weighted by Crippen LogP contribution is -2.05. The van der Waals surface area contributed by atoms with Crippen LogP contribution in [0, 0.1) is 6.92 Å². The summed E-state index contributed by atoms with van der Waals surface area (Å²) in [6, 6.07) is 11.1. The first-order valence-corrected chi connectivity index (χ1v) is 7.55. The van der Waals surface area contributed by atoms with Crippen LogP contribution in [0.2, 0.25) is 0 Å². The molecule has 0 aliphatic heterocycles. The molecule has 0 atom stereocenters. The summed E-state index contributed by atoms with van der Waals surface area (Å²) in [5.74, 6) is 0.0750. The number of hydrogen-bond acceptors (Lipinski definition) is 4. The van der Waals surface area contributed by atoms with Gasteiger partial charge in [-0.1, -0.05) is 12.1 Å². The number of methoxy groups -OCH3 is 1. The third-order valence-electron chi connectivity index (χ3n) is 3.80. The van der Waals surface area contributed by atoms with E-state index >= 15 is 0 Å². The van der Waals surface area contributed by atoms with Gasteiger partial charge in [-0.15, -0.1) is 0 Å². The van der Waals surface area contributed by atoms with E-state index in [1.54, 1.807) is 24.5 Å². The summed E-state index contributed by atoms with van der Waals surface area (Å²) < 4.78 is 16.7. The molecule has 1 N–H and O–H groups in total. The van der Waals surface area contributed by atoms with Gasteiger partial charge in [0.05, 0.1) is 19.8 Å². The van der Waals surface area contributed by atoms with Crippen molar-refractivity contribution < 1.29 is 23.8 Å². The second kappa shape index (κ2) is 6.66. The lowest BCUT2D eigenvalue weighted by molar-refractivity contribution is -0.136. The minimum atomic E-state index is -0.913. The Morgan fingerprint density at radius 1 is 1.25 bits per heavy atom. The Labute approximate surface area is 139 Å². The number of hydrogen-bond donors (Lipinski definition) is 1. The maximum atomic E-state index is 11.0. The molecule has 0 saturated carbocycles. The van der Waals surface area contributed by atoms with Gasteiger partial charge in [0.1, 0.15) is 12.2 Å². The summed E-state index contributed by atoms with van der Waals surface area (Å²) in [5, 5.41) is 10.1. The lowest BCUT2D eigenvalue weighted by Gasteiger charge is -2.14. The molecule has 0 spiro atoms. The van der Waals surface area contributed by atoms with Gasteiger partial charge >= 0.3 is 5.97 Å². The fourth-order valence-electron chi connectivity index (χ4n) is 2.77. The first-order valence-electron chi connectivity index (χ1n) is 7.55. The third-order valence-corrected chi connectivity index (χ3v) is 3.80. The second-order valence-corrected chi connectivity index (χ2v) is 5.56. The monoisotopic (exact) mass is 326 g/mol. The fraction of sp³-hybridized carbons (Fsp3) is 0.211. The average Bonchev–Trinajstić information content (AvgIpc) is 3.02. The normalized spacial score (nSPS) is 10.8. The molecule has 3 aromatic rings. The zero-order valence-corrected chi connectivity index (χ0v) is 13.5. The predicted molar refractivity (Wildman–Crippen MR) is 89.6 cm³/mol. The largest absolute Gasteiger partial charge is 0.493 e. The molecule has 24 heavy (non-hydrogen) atoms. The summed E-state index contributed by atoms with van der Waals surface area (Å²) in [6.45, 7) is 2.29. The summed E-state index contributed by atoms with van der Waals surface area (Å²) in [6.07, 6.45) is 1.54. The van der Waals surface area contributed by atoms with Gasteiger partial charge in [-0.05, 0) is 42.3 Å². The van der Waals surface area contributed by atoms with E-state index in [0.717, 1.165) is 22.1 Å². The molecule has 0 aliphatic carbocycles. The lowest BCUT2D eigenvalue weighted by atomic mass is 10.1. The molecule has 1 aromatic heterocycles. The number of benzene rings is 2. The number of rotatable bonds is 6. The van der Waals surface area contributed by atoms with E-state index in [1.807, 2.05) is 25.1 Å². The van der Waals surface area contributed by atoms with Gasteiger partial charge in [0.25, 0.3) is 0 Å². The molecule has 0 unspecified atom stereocenters. The van der Waals surface area contributed by atoms with Crippen LogP contribution in [0.4, 0.5) is 0 Å². The van der Waals surface area contributed by atoms with Crippen molar-refractivity contribution in [1.29, 1.82) is 0 Å². The molecule has 3 rings (SSSR count). The molecule has 2 aromatic carbocycles. The number of para-hydroxylation sites is 1. The number of fused-ring (bicyclic) bond motifs is 1. The molecule has 1 heterocycles. The summed E-state index contributed by atoms with van der Waals surface area (Å²) in [4.78, 5) is 11.0. The Hall–Kier alpha value is -2.95. The number of ether oxygens (including phenoxy) is 2. The molecule has 5 heteroatoms. The third kappa shape index (κ3) is 3.20. The van der Waals surface area contributed by atoms with Crippen molar-refractivity contribution >= 4 is 16.9 Å². The number of carboxylic acids is 1. The SMILES string of the molecule is COc1cccc(CC(=O)O)c1OCc1cc(C)c2occc2c1. The molecular formula is C19H18O5. The molecule has 0 saturated heterocycles. The van der Waals surface area contributed by atoms with Crippen LogP contribution in [-0.4, -0.2) is 18.2 Å². The smallest absolute Gasteiger partial charge is 0.307 e. The molecule has 0 amide bonds. The van der Waals surface area contributed by atoms with E-state index in [9.17, 15) is 4.79 Å². The summed E-state index contributed by atoms with van der Waals surface area (Å²) in [5.41, 5.74) is 3.46. The van der Waals surface area contributed by atoms with Gasteiger partial charge in [-0.2, -0.15) is 0 Å². The van der Waals surface area contributed by atoms with Crippen molar-refractivity contribution in [3.05, 3.63) is 59.4 Å². The first kappa shape index (κ1) is 15.9. The standard InChI is InChI=1S/C19H18O5/c1-12-8-13(9-15-6-7-23-18(12)15)11-24-19-14(10-17(20)21)4-3-5-16(19)22-2/h3-9H,10-11H2,1-2H3,(H,20,21). The van der Waals surface area contributed by atoms with Crippen LogP contribution < -0.4 is 9.47 Å². The van der Waals surface area contributed by atoms with Crippen molar-refractivity contribution in [2.45, 2.75) is 20.0 Å². The number of carboxylic acid groups (broad SMARTS) is 1. The highest BCUT2D eigenvalue weighted by Crippen LogP contribution is 2.32. The summed E-state index contributed by atoms with van der Waals surface area (Å²) in [7, 11) is 1.54. The molecular weight excluding hydrogens is 308 g/mol. The quantitative estimate of drug-likeness (QED) is 0.742. The Balaban J connectivity index is 1.88. The van der Waals surface area contributed by atoms with E-state index in [0.29, 0.717) is 23.7 Å². The van der Waals surface area contributed by atoms with E-state index in [1.165, 1.54) is 7.11 Å². The molecule has 0 aliphatic rings. The molecule has 124 valence electrons. The van der Waals surface area contributed by atoms with E-state index in [4.69, 9.17) is 19.0 Å². The van der Waals surface area contributed by atoms with Crippen molar-refractivity contribution in [2.75, 3.05) is 7.11 Å². The second-order valence-electron chi connectivity index (χ2n) is 5.56. The molecule has 0 fully saturated rings. The van der Waals surface area contributed by atoms with Crippen molar-refractivity contribution in [2.24, 2.45) is 0 Å². The van der Waals surface area contributed by atoms with E-state index < -0.39 is 5.97 Å². The molecule has 0 radical (unpaired) electrons. The van der Waals surface area contributed by atoms with Crippen LogP contribution >= 0.6 is 0 Å². The molecule has 5 nitrogen and oxygen atoms in total. The van der Waals surface area contributed by atoms with E-state index in [-0.39, 0.29) is 6.42 Å². The number of furan rings is 1. The highest BCUT2D eigenvalue weighted by atomic mass is 16.5. The van der Waals surface area contributed by atoms with Crippen LogP contribution in [0.25, 0.3) is 11.0 Å². The number of aryl methyl sites for hydroxylation is 1. The van der Waals surface area contributed by atoms with Crippen LogP contribution in [-0.2, 0) is 17.8 Å². The van der Waals surface area contributed by atoms with Crippen molar-refractivity contribution in [3.8, 4) is 11.5 Å². The highest BCUT2D eigenvalue weighted by molar-refractivity contribution is 5.81. The summed E-state index contributed by atoms with van der Waals surface area (Å²) >= 11 is 0. The van der Waals surface area contributed by atoms with Gasteiger partial charge in [0.2, 0.25) is 0 Å². The zero-order valence-electron chi connectivity index (χ0n) is 13.5. The van der Waals surface area contributed by atoms with Gasteiger partial charge in [-0.25, -0.2) is 0 Å². The first-order chi connectivity index (χ1) is 11.6. The van der Waals surface area contributed by atoms with Gasteiger partial charge in [0.15, 0.2) is 11.5 Å².